The Bertz CT molecular complexity index is 425. The minimum Gasteiger partial charge on any atom is -0.310 e. The van der Waals surface area contributed by atoms with Crippen LogP contribution in [0.15, 0.2) is 0 Å². The van der Waals surface area contributed by atoms with Crippen LogP contribution in [0.4, 0.5) is 0 Å². The van der Waals surface area contributed by atoms with Crippen molar-refractivity contribution in [2.75, 3.05) is 6.54 Å². The summed E-state index contributed by atoms with van der Waals surface area (Å²) in [7, 11) is 0. The van der Waals surface area contributed by atoms with E-state index in [0.717, 1.165) is 24.0 Å². The van der Waals surface area contributed by atoms with Gasteiger partial charge in [0.25, 0.3) is 0 Å². The highest BCUT2D eigenvalue weighted by molar-refractivity contribution is 7.11. The molecule has 0 unspecified atom stereocenters. The number of nitrogens with one attached hydrogen (secondary N) is 1. The Balaban J connectivity index is 1.83. The van der Waals surface area contributed by atoms with Gasteiger partial charge in [-0.15, -0.1) is 10.2 Å². The van der Waals surface area contributed by atoms with Crippen molar-refractivity contribution in [1.82, 2.24) is 15.5 Å². The fourth-order valence-electron chi connectivity index (χ4n) is 3.18. The van der Waals surface area contributed by atoms with Gasteiger partial charge in [0.1, 0.15) is 10.0 Å². The highest BCUT2D eigenvalue weighted by atomic mass is 32.1. The maximum atomic E-state index is 4.45. The van der Waals surface area contributed by atoms with Crippen molar-refractivity contribution in [3.8, 4) is 0 Å². The maximum absolute atomic E-state index is 4.45. The van der Waals surface area contributed by atoms with E-state index in [2.05, 4.69) is 50.1 Å². The van der Waals surface area contributed by atoms with Crippen LogP contribution in [0.1, 0.15) is 76.2 Å². The third-order valence-electron chi connectivity index (χ3n) is 4.61. The second-order valence-corrected chi connectivity index (χ2v) is 9.07. The standard InChI is InChI=1S/C17H31N3S/c1-12(2)10-18-11-15-19-20-16(21-15)13-6-8-14(9-7-13)17(3,4)5/h12-14,18H,6-11H2,1-5H3. The van der Waals surface area contributed by atoms with E-state index in [9.17, 15) is 0 Å². The first kappa shape index (κ1) is 16.9. The highest BCUT2D eigenvalue weighted by Crippen LogP contribution is 2.43. The minimum absolute atomic E-state index is 0.456. The summed E-state index contributed by atoms with van der Waals surface area (Å²) in [6, 6.07) is 0. The number of hydrogen-bond acceptors (Lipinski definition) is 4. The zero-order valence-corrected chi connectivity index (χ0v) is 15.1. The van der Waals surface area contributed by atoms with Gasteiger partial charge in [0.05, 0.1) is 0 Å². The fraction of sp³-hybridized carbons (Fsp3) is 0.882. The third-order valence-corrected chi connectivity index (χ3v) is 5.70. The van der Waals surface area contributed by atoms with Gasteiger partial charge in [-0.1, -0.05) is 46.0 Å². The molecule has 0 spiro atoms. The van der Waals surface area contributed by atoms with Gasteiger partial charge in [-0.2, -0.15) is 0 Å². The van der Waals surface area contributed by atoms with Crippen LogP contribution < -0.4 is 5.32 Å². The van der Waals surface area contributed by atoms with E-state index in [0.29, 0.717) is 17.3 Å². The zero-order valence-electron chi connectivity index (χ0n) is 14.3. The van der Waals surface area contributed by atoms with E-state index in [1.807, 2.05) is 11.3 Å². The highest BCUT2D eigenvalue weighted by Gasteiger charge is 2.31. The van der Waals surface area contributed by atoms with Crippen molar-refractivity contribution in [3.63, 3.8) is 0 Å². The molecule has 2 rings (SSSR count). The third kappa shape index (κ3) is 5.03. The fourth-order valence-corrected chi connectivity index (χ4v) is 4.16. The van der Waals surface area contributed by atoms with Crippen molar-refractivity contribution in [2.45, 2.75) is 72.8 Å². The summed E-state index contributed by atoms with van der Waals surface area (Å²) >= 11 is 1.82. The quantitative estimate of drug-likeness (QED) is 0.863. The number of nitrogens with zero attached hydrogens (tertiary/aromatic N) is 2. The van der Waals surface area contributed by atoms with Gasteiger partial charge in [0.15, 0.2) is 0 Å². The van der Waals surface area contributed by atoms with Crippen LogP contribution in [-0.2, 0) is 6.54 Å². The lowest BCUT2D eigenvalue weighted by atomic mass is 9.70. The monoisotopic (exact) mass is 309 g/mol. The van der Waals surface area contributed by atoms with Crippen molar-refractivity contribution >= 4 is 11.3 Å². The van der Waals surface area contributed by atoms with E-state index < -0.39 is 0 Å². The summed E-state index contributed by atoms with van der Waals surface area (Å²) < 4.78 is 0. The molecule has 1 saturated carbocycles. The molecule has 0 saturated heterocycles. The molecule has 120 valence electrons. The molecule has 1 aromatic heterocycles. The summed E-state index contributed by atoms with van der Waals surface area (Å²) in [6.45, 7) is 13.5. The van der Waals surface area contributed by atoms with Gasteiger partial charge in [-0.3, -0.25) is 0 Å². The summed E-state index contributed by atoms with van der Waals surface area (Å²) in [6.07, 6.45) is 5.26. The van der Waals surface area contributed by atoms with Crippen molar-refractivity contribution < 1.29 is 0 Å². The van der Waals surface area contributed by atoms with E-state index in [1.54, 1.807) is 0 Å². The first-order chi connectivity index (χ1) is 9.86. The summed E-state index contributed by atoms with van der Waals surface area (Å²) in [4.78, 5) is 0. The average molecular weight is 310 g/mol. The molecule has 4 heteroatoms. The van der Waals surface area contributed by atoms with Crippen LogP contribution >= 0.6 is 11.3 Å². The van der Waals surface area contributed by atoms with Crippen molar-refractivity contribution in [3.05, 3.63) is 10.0 Å². The molecule has 3 nitrogen and oxygen atoms in total. The Morgan fingerprint density at radius 1 is 1.14 bits per heavy atom. The van der Waals surface area contributed by atoms with E-state index in [-0.39, 0.29) is 0 Å². The number of rotatable bonds is 5. The molecule has 0 aliphatic heterocycles. The molecule has 1 N–H and O–H groups in total. The molecule has 21 heavy (non-hydrogen) atoms. The molecular formula is C17H31N3S. The van der Waals surface area contributed by atoms with E-state index in [4.69, 9.17) is 0 Å². The topological polar surface area (TPSA) is 37.8 Å². The van der Waals surface area contributed by atoms with E-state index in [1.165, 1.54) is 30.7 Å². The summed E-state index contributed by atoms with van der Waals surface area (Å²) in [5.41, 5.74) is 0.456. The normalized spacial score (nSPS) is 23.7. The van der Waals surface area contributed by atoms with Gasteiger partial charge in [-0.25, -0.2) is 0 Å². The van der Waals surface area contributed by atoms with Crippen LogP contribution in [0.5, 0.6) is 0 Å². The molecule has 0 bridgehead atoms. The predicted molar refractivity (Wildman–Crippen MR) is 90.6 cm³/mol. The van der Waals surface area contributed by atoms with Crippen molar-refractivity contribution in [1.29, 1.82) is 0 Å². The lowest BCUT2D eigenvalue weighted by Gasteiger charge is -2.36. The van der Waals surface area contributed by atoms with E-state index >= 15 is 0 Å². The first-order valence-corrected chi connectivity index (χ1v) is 9.21. The molecule has 1 aliphatic rings. The summed E-state index contributed by atoms with van der Waals surface area (Å²) in [5, 5.41) is 14.7. The molecule has 1 fully saturated rings. The maximum Gasteiger partial charge on any atom is 0.131 e. The van der Waals surface area contributed by atoms with Crippen LogP contribution in [0, 0.1) is 17.3 Å². The Kier molecular flexibility index (Phi) is 5.78. The molecule has 0 atom stereocenters. The smallest absolute Gasteiger partial charge is 0.131 e. The molecule has 1 aromatic rings. The van der Waals surface area contributed by atoms with Crippen molar-refractivity contribution in [2.24, 2.45) is 17.3 Å². The Morgan fingerprint density at radius 3 is 2.38 bits per heavy atom. The molecular weight excluding hydrogens is 278 g/mol. The SMILES string of the molecule is CC(C)CNCc1nnc(C2CCC(C(C)(C)C)CC2)s1. The molecule has 0 amide bonds. The van der Waals surface area contributed by atoms with Crippen LogP contribution in [-0.4, -0.2) is 16.7 Å². The van der Waals surface area contributed by atoms with Gasteiger partial charge in [-0.05, 0) is 49.5 Å². The second kappa shape index (κ2) is 7.19. The Hall–Kier alpha value is -0.480. The molecule has 1 heterocycles. The minimum atomic E-state index is 0.456. The zero-order chi connectivity index (χ0) is 15.5. The molecule has 0 aromatic carbocycles. The lowest BCUT2D eigenvalue weighted by molar-refractivity contribution is 0.169. The molecule has 0 radical (unpaired) electrons. The first-order valence-electron chi connectivity index (χ1n) is 8.39. The van der Waals surface area contributed by atoms with Crippen LogP contribution in [0.3, 0.4) is 0 Å². The van der Waals surface area contributed by atoms with Gasteiger partial charge >= 0.3 is 0 Å². The predicted octanol–water partition coefficient (Wildman–Crippen LogP) is 4.60. The molecule has 1 aliphatic carbocycles. The van der Waals surface area contributed by atoms with Crippen LogP contribution in [0.25, 0.3) is 0 Å². The Morgan fingerprint density at radius 2 is 1.81 bits per heavy atom. The average Bonchev–Trinajstić information content (AvgIpc) is 2.86. The number of aromatic nitrogens is 2. The Labute approximate surface area is 133 Å². The van der Waals surface area contributed by atoms with Gasteiger partial charge < -0.3 is 5.32 Å². The summed E-state index contributed by atoms with van der Waals surface area (Å²) in [5.74, 6) is 2.21. The van der Waals surface area contributed by atoms with Crippen LogP contribution in [0.2, 0.25) is 0 Å². The number of hydrogen-bond donors (Lipinski definition) is 1. The lowest BCUT2D eigenvalue weighted by Crippen LogP contribution is -2.25. The van der Waals surface area contributed by atoms with Gasteiger partial charge in [0, 0.05) is 12.5 Å². The van der Waals surface area contributed by atoms with Gasteiger partial charge in [0.2, 0.25) is 0 Å². The second-order valence-electron chi connectivity index (χ2n) is 7.97. The largest absolute Gasteiger partial charge is 0.310 e.